The van der Waals surface area contributed by atoms with Crippen molar-refractivity contribution in [3.63, 3.8) is 0 Å². The highest BCUT2D eigenvalue weighted by Crippen LogP contribution is 2.35. The van der Waals surface area contributed by atoms with Crippen LogP contribution in [0.4, 0.5) is 10.3 Å². The van der Waals surface area contributed by atoms with Crippen molar-refractivity contribution in [3.05, 3.63) is 77.1 Å². The predicted octanol–water partition coefficient (Wildman–Crippen LogP) is 5.52. The summed E-state index contributed by atoms with van der Waals surface area (Å²) >= 11 is 0. The van der Waals surface area contributed by atoms with E-state index in [0.717, 1.165) is 42.4 Å². The summed E-state index contributed by atoms with van der Waals surface area (Å²) in [5.74, 6) is 0.0714. The maximum absolute atomic E-state index is 14.6. The van der Waals surface area contributed by atoms with Crippen molar-refractivity contribution >= 4 is 16.9 Å². The summed E-state index contributed by atoms with van der Waals surface area (Å²) in [7, 11) is 0. The molecule has 2 N–H and O–H groups in total. The van der Waals surface area contributed by atoms with Gasteiger partial charge in [0.2, 0.25) is 5.95 Å². The fourth-order valence-corrected chi connectivity index (χ4v) is 4.76. The highest BCUT2D eigenvalue weighted by molar-refractivity contribution is 5.96. The summed E-state index contributed by atoms with van der Waals surface area (Å²) in [5.41, 5.74) is 12.8. The molecular weight excluding hydrogens is 425 g/mol. The lowest BCUT2D eigenvalue weighted by molar-refractivity contribution is 0.496. The second-order valence-corrected chi connectivity index (χ2v) is 9.00. The van der Waals surface area contributed by atoms with E-state index in [0.29, 0.717) is 17.2 Å². The number of rotatable bonds is 3. The van der Waals surface area contributed by atoms with Gasteiger partial charge in [0.1, 0.15) is 11.9 Å². The molecule has 2 heterocycles. The third kappa shape index (κ3) is 4.00. The third-order valence-electron chi connectivity index (χ3n) is 6.64. The molecule has 0 spiro atoms. The lowest BCUT2D eigenvalue weighted by Gasteiger charge is -2.30. The number of benzene rings is 3. The van der Waals surface area contributed by atoms with Crippen LogP contribution in [0.5, 0.6) is 0 Å². The lowest BCUT2D eigenvalue weighted by atomic mass is 9.94. The van der Waals surface area contributed by atoms with Gasteiger partial charge in [-0.2, -0.15) is 5.26 Å². The maximum Gasteiger partial charge on any atom is 0.226 e. The molecular formula is C28H26FN5. The van der Waals surface area contributed by atoms with Gasteiger partial charge in [0.05, 0.1) is 16.8 Å². The molecule has 0 amide bonds. The summed E-state index contributed by atoms with van der Waals surface area (Å²) in [4.78, 5) is 11.9. The van der Waals surface area contributed by atoms with E-state index in [1.54, 1.807) is 6.07 Å². The number of fused-ring (bicyclic) bond motifs is 1. The summed E-state index contributed by atoms with van der Waals surface area (Å²) < 4.78 is 14.6. The van der Waals surface area contributed by atoms with Gasteiger partial charge in [0.25, 0.3) is 0 Å². The minimum Gasteiger partial charge on any atom is -0.341 e. The van der Waals surface area contributed by atoms with Gasteiger partial charge in [-0.3, -0.25) is 0 Å². The van der Waals surface area contributed by atoms with Crippen molar-refractivity contribution in [2.45, 2.75) is 32.7 Å². The van der Waals surface area contributed by atoms with Crippen LogP contribution in [-0.2, 0) is 0 Å². The van der Waals surface area contributed by atoms with Crippen LogP contribution >= 0.6 is 0 Å². The van der Waals surface area contributed by atoms with E-state index in [-0.39, 0.29) is 11.6 Å². The number of nitriles is 1. The van der Waals surface area contributed by atoms with Gasteiger partial charge in [-0.05, 0) is 73.2 Å². The first-order chi connectivity index (χ1) is 16.4. The third-order valence-corrected chi connectivity index (χ3v) is 6.64. The Balaban J connectivity index is 1.72. The van der Waals surface area contributed by atoms with E-state index in [1.807, 2.05) is 12.1 Å². The van der Waals surface area contributed by atoms with Crippen LogP contribution in [0.15, 0.2) is 54.6 Å². The lowest BCUT2D eigenvalue weighted by Crippen LogP contribution is -2.40. The van der Waals surface area contributed by atoms with Gasteiger partial charge in [0, 0.05) is 30.1 Å². The van der Waals surface area contributed by atoms with Crippen molar-refractivity contribution in [1.82, 2.24) is 9.97 Å². The smallest absolute Gasteiger partial charge is 0.226 e. The van der Waals surface area contributed by atoms with Crippen LogP contribution in [0.2, 0.25) is 0 Å². The normalized spacial score (nSPS) is 14.4. The molecule has 5 nitrogen and oxygen atoms in total. The molecule has 34 heavy (non-hydrogen) atoms. The molecule has 170 valence electrons. The number of nitrogens with zero attached hydrogens (tertiary/aromatic N) is 4. The van der Waals surface area contributed by atoms with Crippen LogP contribution in [0, 0.1) is 31.0 Å². The summed E-state index contributed by atoms with van der Waals surface area (Å²) in [6.45, 7) is 5.77. The van der Waals surface area contributed by atoms with Crippen molar-refractivity contribution in [2.24, 2.45) is 5.73 Å². The van der Waals surface area contributed by atoms with E-state index < -0.39 is 5.82 Å². The van der Waals surface area contributed by atoms with Gasteiger partial charge in [-0.15, -0.1) is 0 Å². The quantitative estimate of drug-likeness (QED) is 0.444. The second kappa shape index (κ2) is 8.85. The molecule has 5 rings (SSSR count). The van der Waals surface area contributed by atoms with Crippen LogP contribution in [0.3, 0.4) is 0 Å². The molecule has 0 atom stereocenters. The molecule has 1 fully saturated rings. The fraction of sp³-hybridized carbons (Fsp3) is 0.250. The molecule has 4 aromatic rings. The Morgan fingerprint density at radius 1 is 0.971 bits per heavy atom. The van der Waals surface area contributed by atoms with Crippen molar-refractivity contribution in [1.29, 1.82) is 5.26 Å². The molecule has 1 aliphatic heterocycles. The van der Waals surface area contributed by atoms with Crippen LogP contribution < -0.4 is 10.6 Å². The molecule has 1 aliphatic rings. The second-order valence-electron chi connectivity index (χ2n) is 9.00. The molecule has 0 radical (unpaired) electrons. The summed E-state index contributed by atoms with van der Waals surface area (Å²) in [6, 6.07) is 19.2. The van der Waals surface area contributed by atoms with Gasteiger partial charge < -0.3 is 10.6 Å². The Labute approximate surface area is 198 Å². The number of hydrogen-bond donors (Lipinski definition) is 1. The SMILES string of the molecule is Cc1cccc(C)c1-c1ccc2nc(N3CCC(N)CC3)nc(-c3ccc(C#N)c(F)c3)c2c1. The van der Waals surface area contributed by atoms with E-state index >= 15 is 0 Å². The predicted molar refractivity (Wildman–Crippen MR) is 134 cm³/mol. The molecule has 1 aromatic heterocycles. The zero-order valence-corrected chi connectivity index (χ0v) is 19.3. The summed E-state index contributed by atoms with van der Waals surface area (Å²) in [6.07, 6.45) is 1.77. The average Bonchev–Trinajstić information content (AvgIpc) is 2.83. The molecule has 0 saturated carbocycles. The van der Waals surface area contributed by atoms with Crippen LogP contribution in [0.25, 0.3) is 33.3 Å². The largest absolute Gasteiger partial charge is 0.341 e. The topological polar surface area (TPSA) is 78.8 Å². The number of aromatic nitrogens is 2. The number of anilines is 1. The number of nitrogens with two attached hydrogens (primary N) is 1. The monoisotopic (exact) mass is 451 g/mol. The van der Waals surface area contributed by atoms with Crippen molar-refractivity contribution in [2.75, 3.05) is 18.0 Å². The Morgan fingerprint density at radius 2 is 1.68 bits per heavy atom. The number of halogens is 1. The van der Waals surface area contributed by atoms with Crippen LogP contribution in [0.1, 0.15) is 29.5 Å². The first-order valence-corrected chi connectivity index (χ1v) is 11.5. The van der Waals surface area contributed by atoms with Gasteiger partial charge in [-0.1, -0.05) is 30.3 Å². The van der Waals surface area contributed by atoms with Crippen molar-refractivity contribution in [3.8, 4) is 28.5 Å². The number of hydrogen-bond acceptors (Lipinski definition) is 5. The molecule has 0 bridgehead atoms. The van der Waals surface area contributed by atoms with E-state index in [1.165, 1.54) is 28.8 Å². The highest BCUT2D eigenvalue weighted by Gasteiger charge is 2.21. The van der Waals surface area contributed by atoms with E-state index in [4.69, 9.17) is 21.0 Å². The fourth-order valence-electron chi connectivity index (χ4n) is 4.76. The molecule has 3 aromatic carbocycles. The number of piperidine rings is 1. The highest BCUT2D eigenvalue weighted by atomic mass is 19.1. The maximum atomic E-state index is 14.6. The molecule has 1 saturated heterocycles. The van der Waals surface area contributed by atoms with E-state index in [9.17, 15) is 4.39 Å². The molecule has 0 unspecified atom stereocenters. The first kappa shape index (κ1) is 22.0. The minimum atomic E-state index is -0.553. The summed E-state index contributed by atoms with van der Waals surface area (Å²) in [5, 5.41) is 10.0. The van der Waals surface area contributed by atoms with Crippen molar-refractivity contribution < 1.29 is 4.39 Å². The first-order valence-electron chi connectivity index (χ1n) is 11.5. The number of aryl methyl sites for hydroxylation is 2. The molecule has 6 heteroatoms. The Hall–Kier alpha value is -3.82. The Bertz CT molecular complexity index is 1410. The Kier molecular flexibility index (Phi) is 5.72. The van der Waals surface area contributed by atoms with Gasteiger partial charge in [0.15, 0.2) is 0 Å². The average molecular weight is 452 g/mol. The molecule has 0 aliphatic carbocycles. The van der Waals surface area contributed by atoms with E-state index in [2.05, 4.69) is 49.1 Å². The zero-order valence-electron chi connectivity index (χ0n) is 19.3. The minimum absolute atomic E-state index is 0.0172. The standard InChI is InChI=1S/C28H26FN5/c1-17-4-3-5-18(2)26(17)19-8-9-25-23(14-19)27(20-6-7-21(16-30)24(29)15-20)33-28(32-25)34-12-10-22(31)11-13-34/h3-9,14-15,22H,10-13,31H2,1-2H3. The van der Waals surface area contributed by atoms with Gasteiger partial charge in [-0.25, -0.2) is 14.4 Å². The Morgan fingerprint density at radius 3 is 2.35 bits per heavy atom. The zero-order chi connectivity index (χ0) is 23.8. The van der Waals surface area contributed by atoms with Crippen LogP contribution in [-0.4, -0.2) is 29.1 Å². The van der Waals surface area contributed by atoms with Gasteiger partial charge >= 0.3 is 0 Å².